The van der Waals surface area contributed by atoms with Crippen molar-refractivity contribution in [3.05, 3.63) is 35.5 Å². The molecule has 7 nitrogen and oxygen atoms in total. The molecule has 2 amide bonds. The number of hydrogen-bond donors (Lipinski definition) is 1. The second-order valence-electron chi connectivity index (χ2n) is 9.20. The number of urea groups is 1. The first-order valence-electron chi connectivity index (χ1n) is 11.3. The number of nitrogens with one attached hydrogen (secondary N) is 1. The van der Waals surface area contributed by atoms with Gasteiger partial charge in [-0.3, -0.25) is 10.2 Å². The first-order valence-corrected chi connectivity index (χ1v) is 11.3. The normalized spacial score (nSPS) is 22.4. The van der Waals surface area contributed by atoms with Crippen molar-refractivity contribution >= 4 is 29.2 Å². The van der Waals surface area contributed by atoms with Crippen molar-refractivity contribution in [2.24, 2.45) is 5.92 Å². The Morgan fingerprint density at radius 1 is 1.06 bits per heavy atom. The molecule has 2 atom stereocenters. The third-order valence-corrected chi connectivity index (χ3v) is 6.70. The molecule has 3 aliphatic rings. The number of aryl methyl sites for hydroxylation is 2. The standard InChI is InChI=1S/C23H27F3N6O/c1-14-10-15(2)27-19(11-14)28-22(33)32-17-7-9-30(13-17)18-5-6-20(29-21(18)32)31-8-3-4-16(12-31)23(24,25)26/h5-6,10-11,16-17H,3-4,7-9,12-13H2,1-2H3,(H,27,28,33)/t16?,17-/m0/s1. The second-order valence-corrected chi connectivity index (χ2v) is 9.20. The summed E-state index contributed by atoms with van der Waals surface area (Å²) in [6.45, 7) is 5.74. The topological polar surface area (TPSA) is 64.6 Å². The summed E-state index contributed by atoms with van der Waals surface area (Å²) in [5.41, 5.74) is 2.63. The van der Waals surface area contributed by atoms with Crippen molar-refractivity contribution in [3.8, 4) is 0 Å². The van der Waals surface area contributed by atoms with E-state index in [2.05, 4.69) is 15.2 Å². The van der Waals surface area contributed by atoms with Crippen molar-refractivity contribution in [2.45, 2.75) is 45.3 Å². The highest BCUT2D eigenvalue weighted by Gasteiger charge is 2.43. The summed E-state index contributed by atoms with van der Waals surface area (Å²) in [6.07, 6.45) is -2.82. The molecule has 5 heterocycles. The first kappa shape index (κ1) is 21.8. The number of aromatic nitrogens is 2. The van der Waals surface area contributed by atoms with E-state index in [4.69, 9.17) is 4.98 Å². The highest BCUT2D eigenvalue weighted by molar-refractivity contribution is 6.04. The van der Waals surface area contributed by atoms with Crippen LogP contribution in [0, 0.1) is 19.8 Å². The summed E-state index contributed by atoms with van der Waals surface area (Å²) in [6, 6.07) is 7.03. The van der Waals surface area contributed by atoms with Crippen LogP contribution in [-0.2, 0) is 0 Å². The molecule has 0 radical (unpaired) electrons. The average Bonchev–Trinajstić information content (AvgIpc) is 3.16. The number of nitrogens with zero attached hydrogens (tertiary/aromatic N) is 5. The van der Waals surface area contributed by atoms with Crippen LogP contribution in [0.3, 0.4) is 0 Å². The van der Waals surface area contributed by atoms with Gasteiger partial charge in [0.1, 0.15) is 11.6 Å². The van der Waals surface area contributed by atoms with Crippen molar-refractivity contribution < 1.29 is 18.0 Å². The fraction of sp³-hybridized carbons (Fsp3) is 0.522. The van der Waals surface area contributed by atoms with Gasteiger partial charge in [0.25, 0.3) is 0 Å². The second kappa shape index (κ2) is 8.07. The predicted octanol–water partition coefficient (Wildman–Crippen LogP) is 4.50. The van der Waals surface area contributed by atoms with Crippen LogP contribution in [0.2, 0.25) is 0 Å². The highest BCUT2D eigenvalue weighted by atomic mass is 19.4. The van der Waals surface area contributed by atoms with E-state index in [1.54, 1.807) is 15.9 Å². The SMILES string of the molecule is Cc1cc(C)nc(NC(=O)N2c3nc(N4CCCC(C(F)(F)F)C4)ccc3N3CC[C@H]2C3)c1. The van der Waals surface area contributed by atoms with Crippen molar-refractivity contribution in [2.75, 3.05) is 46.2 Å². The molecule has 0 aliphatic carbocycles. The van der Waals surface area contributed by atoms with Crippen LogP contribution < -0.4 is 20.0 Å². The van der Waals surface area contributed by atoms with E-state index in [9.17, 15) is 18.0 Å². The van der Waals surface area contributed by atoms with Gasteiger partial charge in [-0.1, -0.05) is 0 Å². The minimum absolute atomic E-state index is 0.0459. The number of halogens is 3. The number of pyridine rings is 2. The molecule has 0 aromatic carbocycles. The Hall–Kier alpha value is -3.04. The molecule has 0 spiro atoms. The van der Waals surface area contributed by atoms with Gasteiger partial charge in [0.2, 0.25) is 0 Å². The summed E-state index contributed by atoms with van der Waals surface area (Å²) in [5.74, 6) is 0.0866. The van der Waals surface area contributed by atoms with E-state index in [0.29, 0.717) is 37.0 Å². The molecule has 176 valence electrons. The molecule has 2 aromatic heterocycles. The number of anilines is 4. The van der Waals surface area contributed by atoms with E-state index >= 15 is 0 Å². The monoisotopic (exact) mass is 460 g/mol. The molecule has 0 saturated carbocycles. The van der Waals surface area contributed by atoms with Gasteiger partial charge < -0.3 is 9.80 Å². The zero-order valence-electron chi connectivity index (χ0n) is 18.7. The van der Waals surface area contributed by atoms with E-state index in [1.807, 2.05) is 32.0 Å². The highest BCUT2D eigenvalue weighted by Crippen LogP contribution is 2.41. The van der Waals surface area contributed by atoms with Gasteiger partial charge in [0.15, 0.2) is 5.82 Å². The molecule has 3 aliphatic heterocycles. The lowest BCUT2D eigenvalue weighted by molar-refractivity contribution is -0.176. The maximum atomic E-state index is 13.4. The predicted molar refractivity (Wildman–Crippen MR) is 121 cm³/mol. The number of rotatable bonds is 2. The molecular weight excluding hydrogens is 433 g/mol. The van der Waals surface area contributed by atoms with Crippen LogP contribution in [-0.4, -0.2) is 54.4 Å². The molecule has 2 bridgehead atoms. The maximum Gasteiger partial charge on any atom is 0.393 e. The number of fused-ring (bicyclic) bond motifs is 4. The fourth-order valence-electron chi connectivity index (χ4n) is 5.17. The number of carbonyl (C=O) groups is 1. The van der Waals surface area contributed by atoms with Crippen LogP contribution in [0.15, 0.2) is 24.3 Å². The van der Waals surface area contributed by atoms with Crippen LogP contribution in [0.25, 0.3) is 0 Å². The lowest BCUT2D eigenvalue weighted by atomic mass is 9.97. The zero-order chi connectivity index (χ0) is 23.3. The maximum absolute atomic E-state index is 13.4. The molecule has 2 saturated heterocycles. The van der Waals surface area contributed by atoms with Gasteiger partial charge in [-0.2, -0.15) is 13.2 Å². The number of carbonyl (C=O) groups excluding carboxylic acids is 1. The van der Waals surface area contributed by atoms with Crippen LogP contribution >= 0.6 is 0 Å². The number of hydrogen-bond acceptors (Lipinski definition) is 5. The van der Waals surface area contributed by atoms with E-state index < -0.39 is 12.1 Å². The molecule has 1 unspecified atom stereocenters. The van der Waals surface area contributed by atoms with Gasteiger partial charge in [-0.25, -0.2) is 14.8 Å². The Morgan fingerprint density at radius 2 is 1.88 bits per heavy atom. The quantitative estimate of drug-likeness (QED) is 0.715. The summed E-state index contributed by atoms with van der Waals surface area (Å²) in [7, 11) is 0. The third kappa shape index (κ3) is 4.18. The van der Waals surface area contributed by atoms with Gasteiger partial charge in [0, 0.05) is 31.9 Å². The summed E-state index contributed by atoms with van der Waals surface area (Å²) < 4.78 is 40.0. The Morgan fingerprint density at radius 3 is 2.64 bits per heavy atom. The number of alkyl halides is 3. The summed E-state index contributed by atoms with van der Waals surface area (Å²) >= 11 is 0. The summed E-state index contributed by atoms with van der Waals surface area (Å²) in [4.78, 5) is 28.0. The smallest absolute Gasteiger partial charge is 0.366 e. The van der Waals surface area contributed by atoms with Gasteiger partial charge in [0.05, 0.1) is 17.6 Å². The number of piperidine rings is 1. The lowest BCUT2D eigenvalue weighted by Crippen LogP contribution is -2.49. The van der Waals surface area contributed by atoms with Crippen LogP contribution in [0.1, 0.15) is 30.5 Å². The van der Waals surface area contributed by atoms with E-state index in [-0.39, 0.29) is 25.0 Å². The summed E-state index contributed by atoms with van der Waals surface area (Å²) in [5, 5.41) is 2.90. The van der Waals surface area contributed by atoms with E-state index in [0.717, 1.165) is 29.9 Å². The largest absolute Gasteiger partial charge is 0.393 e. The van der Waals surface area contributed by atoms with Crippen molar-refractivity contribution in [1.82, 2.24) is 9.97 Å². The molecule has 10 heteroatoms. The molecular formula is C23H27F3N6O. The molecule has 5 rings (SSSR count). The molecule has 2 fully saturated rings. The van der Waals surface area contributed by atoms with Gasteiger partial charge >= 0.3 is 12.2 Å². The van der Waals surface area contributed by atoms with Gasteiger partial charge in [-0.15, -0.1) is 0 Å². The minimum atomic E-state index is -4.22. The lowest BCUT2D eigenvalue weighted by Gasteiger charge is -2.38. The average molecular weight is 461 g/mol. The Kier molecular flexibility index (Phi) is 5.33. The van der Waals surface area contributed by atoms with Crippen LogP contribution in [0.5, 0.6) is 0 Å². The molecule has 2 aromatic rings. The first-order chi connectivity index (χ1) is 15.7. The Balaban J connectivity index is 1.45. The van der Waals surface area contributed by atoms with Crippen molar-refractivity contribution in [1.29, 1.82) is 0 Å². The molecule has 33 heavy (non-hydrogen) atoms. The third-order valence-electron chi connectivity index (χ3n) is 6.70. The van der Waals surface area contributed by atoms with Crippen molar-refractivity contribution in [3.63, 3.8) is 0 Å². The fourth-order valence-corrected chi connectivity index (χ4v) is 5.17. The van der Waals surface area contributed by atoms with E-state index in [1.165, 1.54) is 0 Å². The zero-order valence-corrected chi connectivity index (χ0v) is 18.7. The van der Waals surface area contributed by atoms with Gasteiger partial charge in [-0.05, 0) is 62.9 Å². The minimum Gasteiger partial charge on any atom is -0.366 e. The number of amides is 2. The Bertz CT molecular complexity index is 1050. The Labute approximate surface area is 190 Å². The molecule has 1 N–H and O–H groups in total. The van der Waals surface area contributed by atoms with Crippen LogP contribution in [0.4, 0.5) is 41.1 Å².